The van der Waals surface area contributed by atoms with Gasteiger partial charge in [-0.1, -0.05) is 37.1 Å². The molecule has 0 unspecified atom stereocenters. The Morgan fingerprint density at radius 2 is 1.95 bits per heavy atom. The van der Waals surface area contributed by atoms with Crippen molar-refractivity contribution in [1.29, 1.82) is 0 Å². The van der Waals surface area contributed by atoms with E-state index in [0.29, 0.717) is 18.4 Å². The van der Waals surface area contributed by atoms with Crippen LogP contribution in [0.4, 0.5) is 0 Å². The number of benzene rings is 1. The van der Waals surface area contributed by atoms with Gasteiger partial charge >= 0.3 is 0 Å². The van der Waals surface area contributed by atoms with Gasteiger partial charge in [0.05, 0.1) is 0 Å². The summed E-state index contributed by atoms with van der Waals surface area (Å²) >= 11 is 0. The number of nitrogens with two attached hydrogens (primary N) is 1. The summed E-state index contributed by atoms with van der Waals surface area (Å²) in [5.74, 6) is -0.0883. The molecule has 0 bridgehead atoms. The fraction of sp³-hybridized carbons (Fsp3) is 0.467. The smallest absolute Gasteiger partial charge is 0.252 e. The molecule has 0 atom stereocenters. The van der Waals surface area contributed by atoms with Gasteiger partial charge in [0.1, 0.15) is 5.54 Å². The third kappa shape index (κ3) is 2.76. The zero-order valence-corrected chi connectivity index (χ0v) is 11.7. The Hall–Kier alpha value is -2.04. The van der Waals surface area contributed by atoms with Gasteiger partial charge in [-0.3, -0.25) is 4.79 Å². The second-order valence-electron chi connectivity index (χ2n) is 5.28. The van der Waals surface area contributed by atoms with E-state index in [4.69, 9.17) is 10.9 Å². The van der Waals surface area contributed by atoms with Gasteiger partial charge in [-0.2, -0.15) is 0 Å². The number of carbonyl (C=O) groups is 1. The Bertz CT molecular complexity index is 502. The van der Waals surface area contributed by atoms with Crippen LogP contribution in [-0.2, 0) is 6.42 Å². The van der Waals surface area contributed by atoms with Gasteiger partial charge in [0.15, 0.2) is 5.84 Å². The highest BCUT2D eigenvalue weighted by molar-refractivity contribution is 6.00. The summed E-state index contributed by atoms with van der Waals surface area (Å²) in [5.41, 5.74) is 6.86. The largest absolute Gasteiger partial charge is 0.409 e. The Kier molecular flexibility index (Phi) is 4.27. The normalized spacial score (nSPS) is 17.9. The number of aryl methyl sites for hydroxylation is 1. The van der Waals surface area contributed by atoms with Crippen molar-refractivity contribution < 1.29 is 10.0 Å². The molecule has 1 aliphatic rings. The third-order valence-corrected chi connectivity index (χ3v) is 4.03. The van der Waals surface area contributed by atoms with Crippen molar-refractivity contribution in [2.45, 2.75) is 44.6 Å². The number of oxime groups is 1. The Labute approximate surface area is 118 Å². The summed E-state index contributed by atoms with van der Waals surface area (Å²) in [4.78, 5) is 12.3. The quantitative estimate of drug-likeness (QED) is 0.340. The molecule has 0 radical (unpaired) electrons. The minimum absolute atomic E-state index is 0.0912. The molecule has 1 aliphatic carbocycles. The molecule has 1 saturated carbocycles. The maximum Gasteiger partial charge on any atom is 0.252 e. The lowest BCUT2D eigenvalue weighted by Crippen LogP contribution is -2.55. The van der Waals surface area contributed by atoms with E-state index in [2.05, 4.69) is 17.4 Å². The van der Waals surface area contributed by atoms with E-state index in [1.54, 1.807) is 0 Å². The van der Waals surface area contributed by atoms with Crippen LogP contribution in [0.15, 0.2) is 29.4 Å². The molecule has 0 heterocycles. The summed E-state index contributed by atoms with van der Waals surface area (Å²) in [6, 6.07) is 7.51. The van der Waals surface area contributed by atoms with Gasteiger partial charge in [0.2, 0.25) is 0 Å². The van der Waals surface area contributed by atoms with Crippen LogP contribution >= 0.6 is 0 Å². The van der Waals surface area contributed by atoms with Crippen molar-refractivity contribution in [3.8, 4) is 0 Å². The lowest BCUT2D eigenvalue weighted by atomic mass is 9.95. The second-order valence-corrected chi connectivity index (χ2v) is 5.28. The molecular weight excluding hydrogens is 254 g/mol. The fourth-order valence-electron chi connectivity index (χ4n) is 2.70. The predicted octanol–water partition coefficient (Wildman–Crippen LogP) is 2.04. The zero-order valence-electron chi connectivity index (χ0n) is 11.7. The minimum atomic E-state index is -0.699. The summed E-state index contributed by atoms with van der Waals surface area (Å²) < 4.78 is 0. The Balaban J connectivity index is 2.16. The minimum Gasteiger partial charge on any atom is -0.409 e. The van der Waals surface area contributed by atoms with Gasteiger partial charge in [-0.15, -0.1) is 0 Å². The van der Waals surface area contributed by atoms with Crippen molar-refractivity contribution in [2.75, 3.05) is 0 Å². The van der Waals surface area contributed by atoms with Crippen LogP contribution in [0.25, 0.3) is 0 Å². The number of nitrogens with zero attached hydrogens (tertiary/aromatic N) is 1. The average molecular weight is 275 g/mol. The molecule has 1 fully saturated rings. The van der Waals surface area contributed by atoms with Crippen LogP contribution in [0.5, 0.6) is 0 Å². The summed E-state index contributed by atoms with van der Waals surface area (Å²) in [7, 11) is 0. The van der Waals surface area contributed by atoms with Crippen molar-refractivity contribution >= 4 is 11.7 Å². The lowest BCUT2D eigenvalue weighted by molar-refractivity contribution is 0.0922. The van der Waals surface area contributed by atoms with E-state index >= 15 is 0 Å². The number of carbonyl (C=O) groups excluding carboxylic acids is 1. The van der Waals surface area contributed by atoms with Crippen molar-refractivity contribution in [1.82, 2.24) is 5.32 Å². The number of hydrogen-bond acceptors (Lipinski definition) is 3. The molecule has 0 saturated heterocycles. The molecular formula is C15H21N3O2. The highest BCUT2D eigenvalue weighted by Crippen LogP contribution is 2.30. The van der Waals surface area contributed by atoms with E-state index in [1.807, 2.05) is 24.3 Å². The first-order valence-corrected chi connectivity index (χ1v) is 7.01. The zero-order chi connectivity index (χ0) is 14.6. The first-order valence-electron chi connectivity index (χ1n) is 7.01. The molecule has 5 nitrogen and oxygen atoms in total. The van der Waals surface area contributed by atoms with Crippen LogP contribution in [0.1, 0.15) is 48.5 Å². The predicted molar refractivity (Wildman–Crippen MR) is 77.9 cm³/mol. The maximum absolute atomic E-state index is 12.3. The van der Waals surface area contributed by atoms with Crippen LogP contribution in [0, 0.1) is 0 Å². The highest BCUT2D eigenvalue weighted by Gasteiger charge is 2.39. The molecule has 5 heteroatoms. The molecule has 108 valence electrons. The average Bonchev–Trinajstić information content (AvgIpc) is 2.96. The number of amides is 1. The molecule has 0 aliphatic heterocycles. The fourth-order valence-corrected chi connectivity index (χ4v) is 2.70. The third-order valence-electron chi connectivity index (χ3n) is 4.03. The SMILES string of the molecule is CCc1ccc(C(=O)NC2(/C(N)=N/O)CCCC2)cc1. The van der Waals surface area contributed by atoms with Gasteiger partial charge in [0, 0.05) is 5.56 Å². The van der Waals surface area contributed by atoms with E-state index in [1.165, 1.54) is 5.56 Å². The molecule has 1 amide bonds. The topological polar surface area (TPSA) is 87.7 Å². The van der Waals surface area contributed by atoms with Crippen molar-refractivity contribution in [2.24, 2.45) is 10.9 Å². The molecule has 0 aromatic heterocycles. The van der Waals surface area contributed by atoms with E-state index in [-0.39, 0.29) is 11.7 Å². The molecule has 20 heavy (non-hydrogen) atoms. The maximum atomic E-state index is 12.3. The van der Waals surface area contributed by atoms with Crippen LogP contribution in [0.2, 0.25) is 0 Å². The standard InChI is InChI=1S/C15H21N3O2/c1-2-11-5-7-12(8-6-11)13(19)17-15(14(16)18-20)9-3-4-10-15/h5-8,20H,2-4,9-10H2,1H3,(H2,16,18)(H,17,19). The molecule has 0 spiro atoms. The van der Waals surface area contributed by atoms with Gasteiger partial charge in [-0.05, 0) is 37.0 Å². The Morgan fingerprint density at radius 3 is 2.45 bits per heavy atom. The monoisotopic (exact) mass is 275 g/mol. The highest BCUT2D eigenvalue weighted by atomic mass is 16.4. The lowest BCUT2D eigenvalue weighted by Gasteiger charge is -2.28. The number of rotatable bonds is 4. The van der Waals surface area contributed by atoms with E-state index in [0.717, 1.165) is 19.3 Å². The van der Waals surface area contributed by atoms with Crippen molar-refractivity contribution in [3.63, 3.8) is 0 Å². The van der Waals surface area contributed by atoms with Crippen LogP contribution < -0.4 is 11.1 Å². The van der Waals surface area contributed by atoms with Gasteiger partial charge in [0.25, 0.3) is 5.91 Å². The van der Waals surface area contributed by atoms with Gasteiger partial charge in [-0.25, -0.2) is 0 Å². The van der Waals surface area contributed by atoms with Crippen LogP contribution in [0.3, 0.4) is 0 Å². The summed E-state index contributed by atoms with van der Waals surface area (Å²) in [6.45, 7) is 2.07. The first-order chi connectivity index (χ1) is 9.61. The second kappa shape index (κ2) is 5.94. The number of hydrogen-bond donors (Lipinski definition) is 3. The van der Waals surface area contributed by atoms with Gasteiger partial charge < -0.3 is 16.3 Å². The molecule has 4 N–H and O–H groups in total. The summed E-state index contributed by atoms with van der Waals surface area (Å²) in [6.07, 6.45) is 4.29. The molecule has 2 rings (SSSR count). The van der Waals surface area contributed by atoms with Crippen LogP contribution in [-0.4, -0.2) is 22.5 Å². The van der Waals surface area contributed by atoms with Crippen molar-refractivity contribution in [3.05, 3.63) is 35.4 Å². The number of amidine groups is 1. The summed E-state index contributed by atoms with van der Waals surface area (Å²) in [5, 5.41) is 15.0. The van der Waals surface area contributed by atoms with E-state index in [9.17, 15) is 4.79 Å². The number of nitrogens with one attached hydrogen (secondary N) is 1. The Morgan fingerprint density at radius 1 is 1.35 bits per heavy atom. The molecule has 1 aromatic carbocycles. The van der Waals surface area contributed by atoms with E-state index < -0.39 is 5.54 Å². The first kappa shape index (κ1) is 14.4. The molecule has 1 aromatic rings.